The summed E-state index contributed by atoms with van der Waals surface area (Å²) in [7, 11) is 0. The van der Waals surface area contributed by atoms with E-state index in [1.165, 1.54) is 51.4 Å². The maximum absolute atomic E-state index is 11.8. The predicted octanol–water partition coefficient (Wildman–Crippen LogP) is 5.18. The zero-order valence-electron chi connectivity index (χ0n) is 14.5. The number of carbonyl (C=O) groups is 1. The lowest BCUT2D eigenvalue weighted by Gasteiger charge is -2.25. The van der Waals surface area contributed by atoms with Crippen LogP contribution < -0.4 is 0 Å². The van der Waals surface area contributed by atoms with E-state index < -0.39 is 0 Å². The fourth-order valence-electron chi connectivity index (χ4n) is 2.70. The first-order valence-electron chi connectivity index (χ1n) is 9.27. The van der Waals surface area contributed by atoms with Crippen molar-refractivity contribution in [3.8, 4) is 0 Å². The van der Waals surface area contributed by atoms with E-state index in [4.69, 9.17) is 9.47 Å². The van der Waals surface area contributed by atoms with E-state index >= 15 is 0 Å². The molecular formula is C19H34O3. The maximum Gasteiger partial charge on any atom is 0.184 e. The molecule has 1 rings (SSSR count). The Hall–Kier alpha value is -0.670. The van der Waals surface area contributed by atoms with E-state index in [0.29, 0.717) is 0 Å². The molecule has 128 valence electrons. The van der Waals surface area contributed by atoms with Crippen molar-refractivity contribution < 1.29 is 14.3 Å². The summed E-state index contributed by atoms with van der Waals surface area (Å²) >= 11 is 0. The Kier molecular flexibility index (Phi) is 11.3. The number of unbranched alkanes of at least 4 members (excludes halogenated alkanes) is 8. The van der Waals surface area contributed by atoms with Gasteiger partial charge in [-0.2, -0.15) is 0 Å². The zero-order chi connectivity index (χ0) is 16.0. The lowest BCUT2D eigenvalue weighted by atomic mass is 10.0. The topological polar surface area (TPSA) is 35.5 Å². The standard InChI is InChI=1S/C19H34O3/c1-3-5-7-9-10-12-16-21-19-15-14-17(20)18(22-19)13-11-8-6-4-2/h14-15,18-19H,3-13,16H2,1-2H3. The van der Waals surface area contributed by atoms with Gasteiger partial charge in [0.2, 0.25) is 0 Å². The van der Waals surface area contributed by atoms with Crippen LogP contribution in [0.15, 0.2) is 12.2 Å². The second-order valence-corrected chi connectivity index (χ2v) is 6.24. The van der Waals surface area contributed by atoms with Crippen LogP contribution in [0.1, 0.15) is 84.5 Å². The first-order chi connectivity index (χ1) is 10.8. The number of hydrogen-bond donors (Lipinski definition) is 0. The highest BCUT2D eigenvalue weighted by Crippen LogP contribution is 2.17. The summed E-state index contributed by atoms with van der Waals surface area (Å²) in [5.41, 5.74) is 0. The average molecular weight is 310 g/mol. The minimum Gasteiger partial charge on any atom is -0.349 e. The van der Waals surface area contributed by atoms with Gasteiger partial charge in [-0.25, -0.2) is 0 Å². The molecule has 1 aliphatic rings. The highest BCUT2D eigenvalue weighted by Gasteiger charge is 2.24. The molecule has 0 amide bonds. The van der Waals surface area contributed by atoms with Crippen molar-refractivity contribution in [3.63, 3.8) is 0 Å². The number of hydrogen-bond acceptors (Lipinski definition) is 3. The highest BCUT2D eigenvalue weighted by molar-refractivity contribution is 5.94. The molecule has 0 aromatic heterocycles. The molecule has 0 radical (unpaired) electrons. The zero-order valence-corrected chi connectivity index (χ0v) is 14.5. The minimum absolute atomic E-state index is 0.0934. The van der Waals surface area contributed by atoms with Crippen LogP contribution in [0.4, 0.5) is 0 Å². The molecular weight excluding hydrogens is 276 g/mol. The molecule has 22 heavy (non-hydrogen) atoms. The number of rotatable bonds is 13. The third-order valence-corrected chi connectivity index (χ3v) is 4.13. The van der Waals surface area contributed by atoms with Crippen LogP contribution in [0, 0.1) is 0 Å². The van der Waals surface area contributed by atoms with Crippen LogP contribution >= 0.6 is 0 Å². The third-order valence-electron chi connectivity index (χ3n) is 4.13. The number of ether oxygens (including phenoxy) is 2. The first-order valence-corrected chi connectivity index (χ1v) is 9.27. The second-order valence-electron chi connectivity index (χ2n) is 6.24. The van der Waals surface area contributed by atoms with Crippen molar-refractivity contribution in [2.24, 2.45) is 0 Å². The van der Waals surface area contributed by atoms with Gasteiger partial charge in [0.1, 0.15) is 6.10 Å². The van der Waals surface area contributed by atoms with E-state index in [2.05, 4.69) is 13.8 Å². The third kappa shape index (κ3) is 8.70. The van der Waals surface area contributed by atoms with Gasteiger partial charge >= 0.3 is 0 Å². The Morgan fingerprint density at radius 3 is 2.32 bits per heavy atom. The molecule has 1 heterocycles. The Balaban J connectivity index is 2.11. The van der Waals surface area contributed by atoms with Crippen molar-refractivity contribution in [2.75, 3.05) is 6.61 Å². The van der Waals surface area contributed by atoms with E-state index in [9.17, 15) is 4.79 Å². The number of carbonyl (C=O) groups excluding carboxylic acids is 1. The largest absolute Gasteiger partial charge is 0.349 e. The molecule has 0 saturated heterocycles. The van der Waals surface area contributed by atoms with Gasteiger partial charge in [-0.15, -0.1) is 0 Å². The van der Waals surface area contributed by atoms with Crippen LogP contribution in [0.5, 0.6) is 0 Å². The average Bonchev–Trinajstić information content (AvgIpc) is 2.53. The van der Waals surface area contributed by atoms with Gasteiger partial charge in [0.25, 0.3) is 0 Å². The minimum atomic E-state index is -0.329. The van der Waals surface area contributed by atoms with Gasteiger partial charge in [0.15, 0.2) is 12.1 Å². The Morgan fingerprint density at radius 2 is 1.59 bits per heavy atom. The second kappa shape index (κ2) is 12.8. The van der Waals surface area contributed by atoms with E-state index in [1.54, 1.807) is 12.2 Å². The molecule has 3 nitrogen and oxygen atoms in total. The molecule has 0 fully saturated rings. The highest BCUT2D eigenvalue weighted by atomic mass is 16.7. The van der Waals surface area contributed by atoms with E-state index in [-0.39, 0.29) is 18.2 Å². The summed E-state index contributed by atoms with van der Waals surface area (Å²) in [5.74, 6) is 0.0934. The molecule has 0 aromatic rings. The first kappa shape index (κ1) is 19.4. The molecule has 0 N–H and O–H groups in total. The van der Waals surface area contributed by atoms with Crippen molar-refractivity contribution in [3.05, 3.63) is 12.2 Å². The molecule has 3 heteroatoms. The van der Waals surface area contributed by atoms with Crippen LogP contribution in [-0.2, 0) is 14.3 Å². The number of ketones is 1. The quantitative estimate of drug-likeness (QED) is 0.439. The molecule has 0 saturated carbocycles. The fourth-order valence-corrected chi connectivity index (χ4v) is 2.70. The fraction of sp³-hybridized carbons (Fsp3) is 0.842. The van der Waals surface area contributed by atoms with Gasteiger partial charge in [0, 0.05) is 0 Å². The Morgan fingerprint density at radius 1 is 0.955 bits per heavy atom. The van der Waals surface area contributed by atoms with Gasteiger partial charge in [0.05, 0.1) is 6.61 Å². The van der Waals surface area contributed by atoms with Crippen LogP contribution in [0.2, 0.25) is 0 Å². The SMILES string of the molecule is CCCCCCCCOC1C=CC(=O)C(CCCCCC)O1. The lowest BCUT2D eigenvalue weighted by Crippen LogP contribution is -2.33. The Labute approximate surface area is 136 Å². The molecule has 0 aliphatic carbocycles. The van der Waals surface area contributed by atoms with Crippen molar-refractivity contribution >= 4 is 5.78 Å². The van der Waals surface area contributed by atoms with Crippen molar-refractivity contribution in [2.45, 2.75) is 96.9 Å². The predicted molar refractivity (Wildman–Crippen MR) is 90.9 cm³/mol. The van der Waals surface area contributed by atoms with E-state index in [1.807, 2.05) is 0 Å². The summed E-state index contributed by atoms with van der Waals surface area (Å²) in [6.45, 7) is 5.14. The molecule has 0 aromatic carbocycles. The molecule has 1 aliphatic heterocycles. The normalized spacial score (nSPS) is 21.5. The maximum atomic E-state index is 11.8. The summed E-state index contributed by atoms with van der Waals surface area (Å²) < 4.78 is 11.5. The van der Waals surface area contributed by atoms with Gasteiger partial charge < -0.3 is 9.47 Å². The lowest BCUT2D eigenvalue weighted by molar-refractivity contribution is -0.164. The van der Waals surface area contributed by atoms with Gasteiger partial charge in [-0.05, 0) is 25.0 Å². The van der Waals surface area contributed by atoms with Crippen LogP contribution in [-0.4, -0.2) is 24.8 Å². The molecule has 0 bridgehead atoms. The summed E-state index contributed by atoms with van der Waals surface area (Å²) in [6.07, 6.45) is 15.8. The molecule has 2 atom stereocenters. The van der Waals surface area contributed by atoms with Crippen molar-refractivity contribution in [1.82, 2.24) is 0 Å². The molecule has 2 unspecified atom stereocenters. The van der Waals surface area contributed by atoms with Crippen LogP contribution in [0.3, 0.4) is 0 Å². The smallest absolute Gasteiger partial charge is 0.184 e. The summed E-state index contributed by atoms with van der Waals surface area (Å²) in [4.78, 5) is 11.8. The van der Waals surface area contributed by atoms with Crippen LogP contribution in [0.25, 0.3) is 0 Å². The van der Waals surface area contributed by atoms with Gasteiger partial charge in [-0.3, -0.25) is 4.79 Å². The Bertz CT molecular complexity index is 312. The summed E-state index contributed by atoms with van der Waals surface area (Å²) in [6, 6.07) is 0. The monoisotopic (exact) mass is 310 g/mol. The summed E-state index contributed by atoms with van der Waals surface area (Å²) in [5, 5.41) is 0. The van der Waals surface area contributed by atoms with Gasteiger partial charge in [-0.1, -0.05) is 71.6 Å². The van der Waals surface area contributed by atoms with Crippen molar-refractivity contribution in [1.29, 1.82) is 0 Å². The van der Waals surface area contributed by atoms with E-state index in [0.717, 1.165) is 25.9 Å². The molecule has 0 spiro atoms.